The Morgan fingerprint density at radius 1 is 1.26 bits per heavy atom. The van der Waals surface area contributed by atoms with Crippen LogP contribution in [0.5, 0.6) is 0 Å². The molecule has 0 saturated carbocycles. The van der Waals surface area contributed by atoms with Crippen molar-refractivity contribution in [2.24, 2.45) is 5.41 Å². The maximum atomic E-state index is 13.2. The first-order valence-corrected chi connectivity index (χ1v) is 7.97. The summed E-state index contributed by atoms with van der Waals surface area (Å²) in [5.74, 6) is -1.85. The van der Waals surface area contributed by atoms with Gasteiger partial charge in [0.1, 0.15) is 0 Å². The lowest BCUT2D eigenvalue weighted by molar-refractivity contribution is 0.163. The summed E-state index contributed by atoms with van der Waals surface area (Å²) in [5, 5.41) is 14.7. The number of carbonyl (C=O) groups is 1. The number of aliphatic hydroxyl groups is 1. The van der Waals surface area contributed by atoms with Gasteiger partial charge in [0, 0.05) is 13.2 Å². The van der Waals surface area contributed by atoms with Crippen molar-refractivity contribution in [1.82, 2.24) is 10.6 Å². The molecule has 0 aliphatic heterocycles. The van der Waals surface area contributed by atoms with Crippen LogP contribution >= 0.6 is 0 Å². The lowest BCUT2D eigenvalue weighted by atomic mass is 9.79. The molecule has 1 rings (SSSR count). The number of amides is 2. The molecule has 0 aliphatic rings. The summed E-state index contributed by atoms with van der Waals surface area (Å²) in [7, 11) is 0. The zero-order valence-corrected chi connectivity index (χ0v) is 14.0. The van der Waals surface area contributed by atoms with Crippen LogP contribution < -0.4 is 10.6 Å². The molecule has 1 atom stereocenters. The zero-order valence-electron chi connectivity index (χ0n) is 14.0. The molecule has 0 aliphatic carbocycles. The molecule has 4 nitrogen and oxygen atoms in total. The van der Waals surface area contributed by atoms with Crippen molar-refractivity contribution in [3.8, 4) is 0 Å². The first-order chi connectivity index (χ1) is 10.9. The Kier molecular flexibility index (Phi) is 7.42. The van der Waals surface area contributed by atoms with Gasteiger partial charge < -0.3 is 15.7 Å². The van der Waals surface area contributed by atoms with Crippen LogP contribution in [0.2, 0.25) is 0 Å². The predicted octanol–water partition coefficient (Wildman–Crippen LogP) is 3.51. The summed E-state index contributed by atoms with van der Waals surface area (Å²) in [4.78, 5) is 12.0. The fourth-order valence-electron chi connectivity index (χ4n) is 2.56. The van der Waals surface area contributed by atoms with E-state index in [9.17, 15) is 18.7 Å². The van der Waals surface area contributed by atoms with Crippen LogP contribution in [0, 0.1) is 17.0 Å². The molecular formula is C17H26F2N2O2. The molecule has 1 aromatic carbocycles. The second-order valence-corrected chi connectivity index (χ2v) is 5.90. The van der Waals surface area contributed by atoms with Gasteiger partial charge >= 0.3 is 6.03 Å². The van der Waals surface area contributed by atoms with E-state index in [1.54, 1.807) is 6.92 Å². The first kappa shape index (κ1) is 19.4. The van der Waals surface area contributed by atoms with Crippen molar-refractivity contribution in [1.29, 1.82) is 0 Å². The molecule has 0 bridgehead atoms. The van der Waals surface area contributed by atoms with E-state index in [1.165, 1.54) is 6.07 Å². The zero-order chi connectivity index (χ0) is 17.5. The number of halogens is 2. The summed E-state index contributed by atoms with van der Waals surface area (Å²) in [5.41, 5.74) is 0.365. The molecule has 0 aromatic heterocycles. The van der Waals surface area contributed by atoms with E-state index in [0.29, 0.717) is 18.5 Å². The van der Waals surface area contributed by atoms with Gasteiger partial charge in [0.15, 0.2) is 11.6 Å². The summed E-state index contributed by atoms with van der Waals surface area (Å²) in [6.07, 6.45) is 2.32. The molecule has 3 N–H and O–H groups in total. The molecule has 0 spiro atoms. The van der Waals surface area contributed by atoms with E-state index in [4.69, 9.17) is 0 Å². The Hall–Kier alpha value is -1.69. The third-order valence-corrected chi connectivity index (χ3v) is 4.56. The number of carbonyl (C=O) groups excluding carboxylic acids is 1. The fourth-order valence-corrected chi connectivity index (χ4v) is 2.56. The quantitative estimate of drug-likeness (QED) is 0.684. The minimum atomic E-state index is -0.935. The second kappa shape index (κ2) is 8.82. The largest absolute Gasteiger partial charge is 0.396 e. The SMILES string of the molecule is CCC(CC)(CCO)CNC(=O)NC(C)c1ccc(F)c(F)c1. The van der Waals surface area contributed by atoms with Crippen LogP contribution in [0.15, 0.2) is 18.2 Å². The highest BCUT2D eigenvalue weighted by Crippen LogP contribution is 2.29. The molecule has 6 heteroatoms. The summed E-state index contributed by atoms with van der Waals surface area (Å²) in [6.45, 7) is 6.30. The maximum absolute atomic E-state index is 13.2. The molecule has 0 radical (unpaired) electrons. The number of hydrogen-bond acceptors (Lipinski definition) is 2. The van der Waals surface area contributed by atoms with Crippen molar-refractivity contribution < 1.29 is 18.7 Å². The lowest BCUT2D eigenvalue weighted by Crippen LogP contribution is -2.43. The highest BCUT2D eigenvalue weighted by Gasteiger charge is 2.26. The summed E-state index contributed by atoms with van der Waals surface area (Å²) < 4.78 is 26.2. The number of hydrogen-bond donors (Lipinski definition) is 3. The number of rotatable bonds is 8. The highest BCUT2D eigenvalue weighted by atomic mass is 19.2. The third-order valence-electron chi connectivity index (χ3n) is 4.56. The lowest BCUT2D eigenvalue weighted by Gasteiger charge is -2.31. The van der Waals surface area contributed by atoms with Crippen molar-refractivity contribution in [2.75, 3.05) is 13.2 Å². The molecule has 1 aromatic rings. The number of urea groups is 1. The van der Waals surface area contributed by atoms with E-state index in [0.717, 1.165) is 25.0 Å². The van der Waals surface area contributed by atoms with Gasteiger partial charge in [-0.05, 0) is 49.3 Å². The van der Waals surface area contributed by atoms with Crippen LogP contribution in [0.3, 0.4) is 0 Å². The Morgan fingerprint density at radius 2 is 1.91 bits per heavy atom. The number of aliphatic hydroxyl groups excluding tert-OH is 1. The van der Waals surface area contributed by atoms with E-state index >= 15 is 0 Å². The Labute approximate surface area is 136 Å². The van der Waals surface area contributed by atoms with E-state index < -0.39 is 17.7 Å². The van der Waals surface area contributed by atoms with E-state index in [1.807, 2.05) is 13.8 Å². The standard InChI is InChI=1S/C17H26F2N2O2/c1-4-17(5-2,8-9-22)11-20-16(23)21-12(3)13-6-7-14(18)15(19)10-13/h6-7,10,12,22H,4-5,8-9,11H2,1-3H3,(H2,20,21,23). The summed E-state index contributed by atoms with van der Waals surface area (Å²) >= 11 is 0. The Balaban J connectivity index is 2.60. The Morgan fingerprint density at radius 3 is 2.43 bits per heavy atom. The molecule has 23 heavy (non-hydrogen) atoms. The minimum Gasteiger partial charge on any atom is -0.396 e. The molecule has 0 saturated heterocycles. The maximum Gasteiger partial charge on any atom is 0.315 e. The number of benzene rings is 1. The van der Waals surface area contributed by atoms with Crippen LogP contribution in [-0.4, -0.2) is 24.3 Å². The van der Waals surface area contributed by atoms with Crippen LogP contribution in [0.4, 0.5) is 13.6 Å². The average molecular weight is 328 g/mol. The van der Waals surface area contributed by atoms with Gasteiger partial charge in [-0.25, -0.2) is 13.6 Å². The van der Waals surface area contributed by atoms with Gasteiger partial charge in [-0.15, -0.1) is 0 Å². The van der Waals surface area contributed by atoms with E-state index in [-0.39, 0.29) is 18.1 Å². The van der Waals surface area contributed by atoms with Gasteiger partial charge in [0.05, 0.1) is 6.04 Å². The molecule has 130 valence electrons. The molecule has 1 unspecified atom stereocenters. The van der Waals surface area contributed by atoms with Gasteiger partial charge in [-0.3, -0.25) is 0 Å². The van der Waals surface area contributed by atoms with Crippen molar-refractivity contribution >= 4 is 6.03 Å². The smallest absolute Gasteiger partial charge is 0.315 e. The minimum absolute atomic E-state index is 0.0796. The fraction of sp³-hybridized carbons (Fsp3) is 0.588. The molecular weight excluding hydrogens is 302 g/mol. The third kappa shape index (κ3) is 5.46. The van der Waals surface area contributed by atoms with Crippen LogP contribution in [0.25, 0.3) is 0 Å². The van der Waals surface area contributed by atoms with Crippen molar-refractivity contribution in [3.63, 3.8) is 0 Å². The van der Waals surface area contributed by atoms with E-state index in [2.05, 4.69) is 10.6 Å². The molecule has 2 amide bonds. The Bertz CT molecular complexity index is 519. The topological polar surface area (TPSA) is 61.4 Å². The monoisotopic (exact) mass is 328 g/mol. The van der Waals surface area contributed by atoms with Crippen LogP contribution in [-0.2, 0) is 0 Å². The number of nitrogens with one attached hydrogen (secondary N) is 2. The first-order valence-electron chi connectivity index (χ1n) is 7.97. The predicted molar refractivity (Wildman–Crippen MR) is 86.0 cm³/mol. The van der Waals surface area contributed by atoms with Crippen molar-refractivity contribution in [2.45, 2.75) is 46.1 Å². The normalized spacial score (nSPS) is 12.8. The van der Waals surface area contributed by atoms with Gasteiger partial charge in [-0.2, -0.15) is 0 Å². The highest BCUT2D eigenvalue weighted by molar-refractivity contribution is 5.74. The van der Waals surface area contributed by atoms with Gasteiger partial charge in [0.25, 0.3) is 0 Å². The van der Waals surface area contributed by atoms with Gasteiger partial charge in [0.2, 0.25) is 0 Å². The summed E-state index contributed by atoms with van der Waals surface area (Å²) in [6, 6.07) is 2.75. The second-order valence-electron chi connectivity index (χ2n) is 5.90. The van der Waals surface area contributed by atoms with Gasteiger partial charge in [-0.1, -0.05) is 19.9 Å². The van der Waals surface area contributed by atoms with Crippen molar-refractivity contribution in [3.05, 3.63) is 35.4 Å². The molecule has 0 heterocycles. The van der Waals surface area contributed by atoms with Crippen LogP contribution in [0.1, 0.15) is 51.6 Å². The average Bonchev–Trinajstić information content (AvgIpc) is 2.54. The molecule has 0 fully saturated rings.